The van der Waals surface area contributed by atoms with Crippen molar-refractivity contribution in [1.29, 1.82) is 0 Å². The topological polar surface area (TPSA) is 52.7 Å². The largest absolute Gasteiger partial charge is 0.340 e. The van der Waals surface area contributed by atoms with E-state index in [9.17, 15) is 9.59 Å². The van der Waals surface area contributed by atoms with Gasteiger partial charge in [-0.25, -0.2) is 0 Å². The fraction of sp³-hybridized carbons (Fsp3) is 0.364. The molecule has 1 saturated heterocycles. The quantitative estimate of drug-likeness (QED) is 0.856. The summed E-state index contributed by atoms with van der Waals surface area (Å²) < 4.78 is 0. The molecule has 0 saturated carbocycles. The second kappa shape index (κ2) is 9.33. The van der Waals surface area contributed by atoms with Crippen molar-refractivity contribution in [2.24, 2.45) is 0 Å². The van der Waals surface area contributed by atoms with E-state index in [1.807, 2.05) is 66.4 Å². The summed E-state index contributed by atoms with van der Waals surface area (Å²) in [5, 5.41) is 3.25. The van der Waals surface area contributed by atoms with Gasteiger partial charge in [0, 0.05) is 51.3 Å². The molecule has 27 heavy (non-hydrogen) atoms. The highest BCUT2D eigenvalue weighted by atomic mass is 16.2. The maximum Gasteiger partial charge on any atom is 0.254 e. The first-order valence-electron chi connectivity index (χ1n) is 9.52. The summed E-state index contributed by atoms with van der Waals surface area (Å²) in [6, 6.07) is 17.4. The average Bonchev–Trinajstić information content (AvgIpc) is 2.73. The predicted octanol–water partition coefficient (Wildman–Crippen LogP) is 2.46. The second-order valence-corrected chi connectivity index (χ2v) is 6.96. The van der Waals surface area contributed by atoms with Crippen molar-refractivity contribution in [2.45, 2.75) is 19.9 Å². The van der Waals surface area contributed by atoms with Gasteiger partial charge in [0.15, 0.2) is 0 Å². The Morgan fingerprint density at radius 2 is 1.67 bits per heavy atom. The van der Waals surface area contributed by atoms with E-state index >= 15 is 0 Å². The van der Waals surface area contributed by atoms with Crippen LogP contribution in [0.2, 0.25) is 0 Å². The summed E-state index contributed by atoms with van der Waals surface area (Å²) >= 11 is 0. The molecule has 2 aromatic rings. The van der Waals surface area contributed by atoms with E-state index in [-0.39, 0.29) is 11.8 Å². The molecule has 0 aliphatic carbocycles. The van der Waals surface area contributed by atoms with Gasteiger partial charge in [-0.3, -0.25) is 9.59 Å². The van der Waals surface area contributed by atoms with Gasteiger partial charge in [0.1, 0.15) is 0 Å². The summed E-state index contributed by atoms with van der Waals surface area (Å²) in [7, 11) is 0. The van der Waals surface area contributed by atoms with Crippen LogP contribution in [0.4, 0.5) is 0 Å². The molecule has 1 N–H and O–H groups in total. The number of piperazine rings is 1. The minimum absolute atomic E-state index is 0.0377. The van der Waals surface area contributed by atoms with Crippen LogP contribution in [-0.4, -0.2) is 54.3 Å². The van der Waals surface area contributed by atoms with Crippen LogP contribution in [0.1, 0.15) is 27.9 Å². The second-order valence-electron chi connectivity index (χ2n) is 6.96. The molecule has 2 amide bonds. The normalized spacial score (nSPS) is 14.0. The smallest absolute Gasteiger partial charge is 0.254 e. The van der Waals surface area contributed by atoms with Crippen molar-refractivity contribution in [1.82, 2.24) is 15.1 Å². The molecule has 2 aromatic carbocycles. The molecule has 0 spiro atoms. The molecule has 0 aromatic heterocycles. The van der Waals surface area contributed by atoms with E-state index in [0.29, 0.717) is 25.1 Å². The van der Waals surface area contributed by atoms with Crippen LogP contribution in [0, 0.1) is 6.92 Å². The Hall–Kier alpha value is -2.66. The van der Waals surface area contributed by atoms with E-state index < -0.39 is 0 Å². The minimum Gasteiger partial charge on any atom is -0.340 e. The van der Waals surface area contributed by atoms with Gasteiger partial charge in [-0.1, -0.05) is 48.0 Å². The maximum atomic E-state index is 13.0. The number of carbonyl (C=O) groups excluding carboxylic acids is 2. The summed E-state index contributed by atoms with van der Waals surface area (Å²) in [5.41, 5.74) is 2.91. The standard InChI is InChI=1S/C22H27N3O2/c1-18-7-9-19(10-8-18)17-25(22(27)20-5-3-2-4-6-20)14-11-21(26)24-15-12-23-13-16-24/h2-10,23H,11-17H2,1H3. The zero-order valence-electron chi connectivity index (χ0n) is 15.9. The first kappa shape index (κ1) is 19.1. The molecule has 0 radical (unpaired) electrons. The lowest BCUT2D eigenvalue weighted by Gasteiger charge is -2.29. The van der Waals surface area contributed by atoms with Crippen LogP contribution in [0.3, 0.4) is 0 Å². The first-order chi connectivity index (χ1) is 13.1. The lowest BCUT2D eigenvalue weighted by Crippen LogP contribution is -2.47. The summed E-state index contributed by atoms with van der Waals surface area (Å²) in [4.78, 5) is 29.2. The van der Waals surface area contributed by atoms with Crippen LogP contribution in [0.25, 0.3) is 0 Å². The number of hydrogen-bond acceptors (Lipinski definition) is 3. The molecule has 1 aliphatic rings. The van der Waals surface area contributed by atoms with Gasteiger partial charge in [-0.05, 0) is 24.6 Å². The van der Waals surface area contributed by atoms with Crippen molar-refractivity contribution in [3.63, 3.8) is 0 Å². The van der Waals surface area contributed by atoms with Crippen molar-refractivity contribution < 1.29 is 9.59 Å². The van der Waals surface area contributed by atoms with E-state index in [1.54, 1.807) is 4.90 Å². The van der Waals surface area contributed by atoms with Crippen LogP contribution >= 0.6 is 0 Å². The molecule has 5 nitrogen and oxygen atoms in total. The third-order valence-corrected chi connectivity index (χ3v) is 4.87. The van der Waals surface area contributed by atoms with Gasteiger partial charge < -0.3 is 15.1 Å². The predicted molar refractivity (Wildman–Crippen MR) is 106 cm³/mol. The molecule has 0 atom stereocenters. The number of nitrogens with one attached hydrogen (secondary N) is 1. The molecule has 1 heterocycles. The monoisotopic (exact) mass is 365 g/mol. The molecule has 0 bridgehead atoms. The summed E-state index contributed by atoms with van der Waals surface area (Å²) in [6.07, 6.45) is 0.352. The van der Waals surface area contributed by atoms with Crippen molar-refractivity contribution in [3.05, 3.63) is 71.3 Å². The van der Waals surface area contributed by atoms with E-state index in [1.165, 1.54) is 5.56 Å². The molecule has 5 heteroatoms. The average molecular weight is 365 g/mol. The van der Waals surface area contributed by atoms with Gasteiger partial charge in [0.25, 0.3) is 5.91 Å². The Bertz CT molecular complexity index is 753. The number of rotatable bonds is 6. The SMILES string of the molecule is Cc1ccc(CN(CCC(=O)N2CCNCC2)C(=O)c2ccccc2)cc1. The highest BCUT2D eigenvalue weighted by molar-refractivity contribution is 5.94. The molecular weight excluding hydrogens is 338 g/mol. The summed E-state index contributed by atoms with van der Waals surface area (Å²) in [5.74, 6) is 0.0792. The maximum absolute atomic E-state index is 13.0. The van der Waals surface area contributed by atoms with E-state index in [4.69, 9.17) is 0 Å². The van der Waals surface area contributed by atoms with E-state index in [2.05, 4.69) is 5.32 Å². The van der Waals surface area contributed by atoms with Crippen LogP contribution in [0.5, 0.6) is 0 Å². The highest BCUT2D eigenvalue weighted by Crippen LogP contribution is 2.12. The zero-order valence-corrected chi connectivity index (χ0v) is 15.9. The number of aryl methyl sites for hydroxylation is 1. The number of carbonyl (C=O) groups is 2. The third kappa shape index (κ3) is 5.41. The van der Waals surface area contributed by atoms with Gasteiger partial charge >= 0.3 is 0 Å². The molecule has 1 aliphatic heterocycles. The van der Waals surface area contributed by atoms with Gasteiger partial charge in [0.2, 0.25) is 5.91 Å². The fourth-order valence-corrected chi connectivity index (χ4v) is 3.23. The lowest BCUT2D eigenvalue weighted by molar-refractivity contribution is -0.132. The minimum atomic E-state index is -0.0377. The molecule has 3 rings (SSSR count). The van der Waals surface area contributed by atoms with Gasteiger partial charge in [-0.2, -0.15) is 0 Å². The van der Waals surface area contributed by atoms with Crippen LogP contribution in [-0.2, 0) is 11.3 Å². The van der Waals surface area contributed by atoms with Crippen molar-refractivity contribution in [2.75, 3.05) is 32.7 Å². The number of amides is 2. The number of hydrogen-bond donors (Lipinski definition) is 1. The molecular formula is C22H27N3O2. The lowest BCUT2D eigenvalue weighted by atomic mass is 10.1. The third-order valence-electron chi connectivity index (χ3n) is 4.87. The van der Waals surface area contributed by atoms with Crippen LogP contribution < -0.4 is 5.32 Å². The number of nitrogens with zero attached hydrogens (tertiary/aromatic N) is 2. The Kier molecular flexibility index (Phi) is 6.60. The van der Waals surface area contributed by atoms with Crippen molar-refractivity contribution >= 4 is 11.8 Å². The summed E-state index contributed by atoms with van der Waals surface area (Å²) in [6.45, 7) is 6.12. The Morgan fingerprint density at radius 1 is 1.00 bits per heavy atom. The van der Waals surface area contributed by atoms with E-state index in [0.717, 1.165) is 31.7 Å². The molecule has 142 valence electrons. The highest BCUT2D eigenvalue weighted by Gasteiger charge is 2.20. The first-order valence-corrected chi connectivity index (χ1v) is 9.52. The van der Waals surface area contributed by atoms with Gasteiger partial charge in [-0.15, -0.1) is 0 Å². The molecule has 1 fully saturated rings. The Morgan fingerprint density at radius 3 is 2.33 bits per heavy atom. The fourth-order valence-electron chi connectivity index (χ4n) is 3.23. The van der Waals surface area contributed by atoms with Crippen molar-refractivity contribution in [3.8, 4) is 0 Å². The Labute approximate surface area is 161 Å². The zero-order chi connectivity index (χ0) is 19.1. The Balaban J connectivity index is 1.69. The van der Waals surface area contributed by atoms with Crippen LogP contribution in [0.15, 0.2) is 54.6 Å². The van der Waals surface area contributed by atoms with Gasteiger partial charge in [0.05, 0.1) is 0 Å². The molecule has 0 unspecified atom stereocenters. The number of benzene rings is 2.